The Morgan fingerprint density at radius 3 is 2.23 bits per heavy atom. The average Bonchev–Trinajstić information content (AvgIpc) is 3.71. The number of likely N-dealkylation sites (tertiary alicyclic amines) is 3. The van der Waals surface area contributed by atoms with Crippen LogP contribution in [-0.2, 0) is 19.8 Å². The Hall–Kier alpha value is -4.85. The number of hydrogen-bond acceptors (Lipinski definition) is 11. The van der Waals surface area contributed by atoms with Gasteiger partial charge in [0.1, 0.15) is 29.5 Å². The maximum absolute atomic E-state index is 13.6. The molecule has 3 aliphatic carbocycles. The summed E-state index contributed by atoms with van der Waals surface area (Å²) in [7, 11) is 0. The summed E-state index contributed by atoms with van der Waals surface area (Å²) in [4.78, 5) is 55.4. The third kappa shape index (κ3) is 7.91. The number of phenolic OH excluding ortho intramolecular Hbond substituents is 1. The van der Waals surface area contributed by atoms with E-state index in [4.69, 9.17) is 27.2 Å². The number of nitrogens with zero attached hydrogens (tertiary/aromatic N) is 5. The number of nitrogens with one attached hydrogen (secondary N) is 1. The molecule has 6 fully saturated rings. The highest BCUT2D eigenvalue weighted by Crippen LogP contribution is 2.69. The third-order valence-electron chi connectivity index (χ3n) is 15.2. The van der Waals surface area contributed by atoms with Gasteiger partial charge in [-0.05, 0) is 137 Å². The van der Waals surface area contributed by atoms with Crippen LogP contribution in [0.15, 0.2) is 54.3 Å². The number of hydrogen-bond donors (Lipinski definition) is 6. The highest BCUT2D eigenvalue weighted by Gasteiger charge is 2.67. The second-order valence-corrected chi connectivity index (χ2v) is 19.8. The van der Waals surface area contributed by atoms with E-state index in [2.05, 4.69) is 27.5 Å². The molecule has 8 rings (SSSR count). The van der Waals surface area contributed by atoms with Gasteiger partial charge in [0.25, 0.3) is 0 Å². The maximum Gasteiger partial charge on any atom is 0.326 e. The Morgan fingerprint density at radius 2 is 1.58 bits per heavy atom. The molecule has 6 atom stereocenters. The zero-order chi connectivity index (χ0) is 42.5. The molecule has 3 saturated carbocycles. The molecule has 14 heteroatoms. The van der Waals surface area contributed by atoms with Gasteiger partial charge in [0.05, 0.1) is 5.70 Å². The first kappa shape index (κ1) is 41.9. The minimum atomic E-state index is -0.984. The van der Waals surface area contributed by atoms with Gasteiger partial charge in [-0.25, -0.2) is 14.8 Å². The molecule has 0 radical (unpaired) electrons. The van der Waals surface area contributed by atoms with Crippen molar-refractivity contribution in [2.75, 3.05) is 32.7 Å². The smallest absolute Gasteiger partial charge is 0.326 e. The van der Waals surface area contributed by atoms with Gasteiger partial charge in [-0.15, -0.1) is 0 Å². The molecule has 324 valence electrons. The molecule has 4 unspecified atom stereocenters. The van der Waals surface area contributed by atoms with Crippen LogP contribution in [0.1, 0.15) is 114 Å². The van der Waals surface area contributed by atoms with Crippen LogP contribution in [0, 0.1) is 29.1 Å². The van der Waals surface area contributed by atoms with E-state index in [-0.39, 0.29) is 34.7 Å². The van der Waals surface area contributed by atoms with Crippen molar-refractivity contribution in [2.45, 2.75) is 121 Å². The minimum absolute atomic E-state index is 0.0479. The second kappa shape index (κ2) is 16.5. The number of rotatable bonds is 10. The fraction of sp³-hybridized carbons (Fsp3) is 0.630. The highest BCUT2D eigenvalue weighted by atomic mass is 16.4. The average molecular weight is 824 g/mol. The van der Waals surface area contributed by atoms with E-state index in [1.165, 1.54) is 10.5 Å². The summed E-state index contributed by atoms with van der Waals surface area (Å²) in [5.74, 6) is 1.91. The van der Waals surface area contributed by atoms with Crippen LogP contribution in [-0.4, -0.2) is 104 Å². The molecule has 2 aromatic rings. The number of phenols is 1. The fourth-order valence-corrected chi connectivity index (χ4v) is 12.0. The molecular formula is C46H65N9O5. The summed E-state index contributed by atoms with van der Waals surface area (Å²) in [6.45, 7) is 9.90. The molecule has 1 aromatic carbocycles. The topological polar surface area (TPSA) is 217 Å². The zero-order valence-electron chi connectivity index (χ0n) is 35.6. The number of carbonyl (C=O) groups is 3. The molecule has 0 spiro atoms. The number of aliphatic carboxylic acids is 1. The van der Waals surface area contributed by atoms with Crippen molar-refractivity contribution in [1.82, 2.24) is 30.0 Å². The van der Waals surface area contributed by atoms with Crippen LogP contribution in [0.5, 0.6) is 5.75 Å². The van der Waals surface area contributed by atoms with Crippen LogP contribution in [0.25, 0.3) is 5.70 Å². The van der Waals surface area contributed by atoms with E-state index in [0.29, 0.717) is 66.1 Å². The molecule has 14 nitrogen and oxygen atoms in total. The molecule has 6 aliphatic rings. The molecule has 4 heterocycles. The Bertz CT molecular complexity index is 1990. The lowest BCUT2D eigenvalue weighted by Gasteiger charge is -2.66. The second-order valence-electron chi connectivity index (χ2n) is 19.8. The lowest BCUT2D eigenvalue weighted by molar-refractivity contribution is -0.151. The Morgan fingerprint density at radius 1 is 0.900 bits per heavy atom. The van der Waals surface area contributed by atoms with Gasteiger partial charge in [-0.2, -0.15) is 0 Å². The number of carboxylic acids is 1. The first-order valence-electron chi connectivity index (χ1n) is 22.3. The molecule has 9 N–H and O–H groups in total. The van der Waals surface area contributed by atoms with E-state index in [1.54, 1.807) is 24.3 Å². The zero-order valence-corrected chi connectivity index (χ0v) is 35.6. The van der Waals surface area contributed by atoms with E-state index < -0.39 is 23.5 Å². The van der Waals surface area contributed by atoms with Crippen LogP contribution in [0.4, 0.5) is 0 Å². The van der Waals surface area contributed by atoms with Gasteiger partial charge in [0.2, 0.25) is 11.8 Å². The summed E-state index contributed by atoms with van der Waals surface area (Å²) < 4.78 is 0. The van der Waals surface area contributed by atoms with E-state index >= 15 is 0 Å². The molecule has 3 saturated heterocycles. The number of amides is 2. The minimum Gasteiger partial charge on any atom is -0.507 e. The van der Waals surface area contributed by atoms with Crippen molar-refractivity contribution in [2.24, 2.45) is 46.3 Å². The van der Waals surface area contributed by atoms with E-state index in [1.807, 2.05) is 26.8 Å². The van der Waals surface area contributed by atoms with Gasteiger partial charge in [-0.1, -0.05) is 32.9 Å². The molecule has 1 aromatic heterocycles. The van der Waals surface area contributed by atoms with Gasteiger partial charge >= 0.3 is 5.97 Å². The van der Waals surface area contributed by atoms with Crippen LogP contribution < -0.4 is 22.5 Å². The third-order valence-corrected chi connectivity index (χ3v) is 15.2. The predicted molar refractivity (Wildman–Crippen MR) is 228 cm³/mol. The summed E-state index contributed by atoms with van der Waals surface area (Å²) >= 11 is 0. The van der Waals surface area contributed by atoms with Crippen molar-refractivity contribution in [1.29, 1.82) is 0 Å². The number of benzene rings is 1. The standard InChI is InChI=1S/C46H65N9O5/c1-45(2,3)39(42(58)55-17-6-8-35(55)43(59)60)52-41(57)28-10-12-32(13-11-28)53-18-14-27(15-19-53)31-24-50-44(51-25-31)46-22-29-16-20-54(26-30(23-46)38(29)46)36(40(48)49)21-34(47)33-7-4-5-9-37(33)56/h4-5,7,9,21,24-25,27-30,32,35,38-39,56H,6,8,10-20,22-23,26,47-49H2,1-3H3,(H,52,57)(H,59,60)/b34-21-/t28?,29?,30?,32?,35-,38?,39+,46?/m0/s1. The van der Waals surface area contributed by atoms with E-state index in [9.17, 15) is 24.6 Å². The summed E-state index contributed by atoms with van der Waals surface area (Å²) in [5.41, 5.74) is 21.3. The lowest BCUT2D eigenvalue weighted by Crippen LogP contribution is -2.65. The van der Waals surface area contributed by atoms with Crippen LogP contribution >= 0.6 is 0 Å². The number of aromatic nitrogens is 2. The van der Waals surface area contributed by atoms with Gasteiger partial charge in [0.15, 0.2) is 0 Å². The van der Waals surface area contributed by atoms with Crippen molar-refractivity contribution in [3.8, 4) is 5.75 Å². The quantitative estimate of drug-likeness (QED) is 0.186. The van der Waals surface area contributed by atoms with Crippen molar-refractivity contribution in [3.05, 3.63) is 71.2 Å². The monoisotopic (exact) mass is 824 g/mol. The first-order valence-corrected chi connectivity index (χ1v) is 22.3. The van der Waals surface area contributed by atoms with Gasteiger partial charge < -0.3 is 47.4 Å². The number of carbonyl (C=O) groups excluding carboxylic acids is 2. The number of carboxylic acid groups (broad SMARTS) is 1. The summed E-state index contributed by atoms with van der Waals surface area (Å²) in [5, 5.41) is 23.1. The molecular weight excluding hydrogens is 759 g/mol. The van der Waals surface area contributed by atoms with Gasteiger partial charge in [-0.3, -0.25) is 9.59 Å². The highest BCUT2D eigenvalue weighted by molar-refractivity contribution is 5.92. The fourth-order valence-electron chi connectivity index (χ4n) is 12.0. The normalized spacial score (nSPS) is 30.3. The van der Waals surface area contributed by atoms with Crippen molar-refractivity contribution < 1.29 is 24.6 Å². The summed E-state index contributed by atoms with van der Waals surface area (Å²) in [6.07, 6.45) is 15.9. The van der Waals surface area contributed by atoms with Crippen LogP contribution in [0.3, 0.4) is 0 Å². The number of para-hydroxylation sites is 1. The summed E-state index contributed by atoms with van der Waals surface area (Å²) in [6, 6.07) is 5.87. The van der Waals surface area contributed by atoms with Crippen LogP contribution in [0.2, 0.25) is 0 Å². The number of allylic oxidation sites excluding steroid dienone is 1. The number of piperidine rings is 1. The van der Waals surface area contributed by atoms with Crippen molar-refractivity contribution >= 4 is 23.5 Å². The van der Waals surface area contributed by atoms with Gasteiger partial charge in [0, 0.05) is 60.7 Å². The van der Waals surface area contributed by atoms with E-state index in [0.717, 1.165) is 89.8 Å². The first-order chi connectivity index (χ1) is 28.6. The Kier molecular flexibility index (Phi) is 11.5. The Labute approximate surface area is 354 Å². The number of nitrogens with two attached hydrogens (primary N) is 3. The predicted octanol–water partition coefficient (Wildman–Crippen LogP) is 4.21. The molecule has 0 bridgehead atoms. The lowest BCUT2D eigenvalue weighted by atomic mass is 9.38. The van der Waals surface area contributed by atoms with Crippen molar-refractivity contribution in [3.63, 3.8) is 0 Å². The molecule has 3 aliphatic heterocycles. The molecule has 60 heavy (non-hydrogen) atoms. The maximum atomic E-state index is 13.6. The Balaban J connectivity index is 0.814. The largest absolute Gasteiger partial charge is 0.507 e. The number of aromatic hydroxyl groups is 1. The molecule has 2 amide bonds. The SMILES string of the molecule is CC(C)(C)[C@H](NC(=O)C1CCC(N2CCC(c3cnc(C45CC6CCN(C(/C=C(\N)c7ccccc7O)=C(N)N)CC(C4)C65)nc3)CC2)CC1)C(=O)N1CCC[C@H]1C(=O)O.